The summed E-state index contributed by atoms with van der Waals surface area (Å²) in [5, 5.41) is 0. The fourth-order valence-electron chi connectivity index (χ4n) is 1.23. The van der Waals surface area contributed by atoms with Crippen LogP contribution in [0.25, 0.3) is 0 Å². The fraction of sp³-hybridized carbons (Fsp3) is 0.273. The molecular formula is C11H14N4O. The molecule has 0 bridgehead atoms. The van der Waals surface area contributed by atoms with Crippen LogP contribution in [0.2, 0.25) is 0 Å². The summed E-state index contributed by atoms with van der Waals surface area (Å²) in [6.45, 7) is 2.72. The van der Waals surface area contributed by atoms with Crippen molar-refractivity contribution in [2.45, 2.75) is 13.3 Å². The number of aromatic nitrogens is 3. The minimum atomic E-state index is 0.589. The second kappa shape index (κ2) is 5.16. The van der Waals surface area contributed by atoms with Gasteiger partial charge < -0.3 is 4.74 Å². The van der Waals surface area contributed by atoms with Crippen LogP contribution in [0.5, 0.6) is 5.88 Å². The maximum atomic E-state index is 5.41. The summed E-state index contributed by atoms with van der Waals surface area (Å²) in [4.78, 5) is 8.12. The molecule has 0 saturated heterocycles. The summed E-state index contributed by atoms with van der Waals surface area (Å²) in [6, 6.07) is 5.64. The van der Waals surface area contributed by atoms with Crippen molar-refractivity contribution in [2.24, 2.45) is 0 Å². The Bertz CT molecular complexity index is 427. The molecule has 0 aliphatic carbocycles. The first-order valence-corrected chi connectivity index (χ1v) is 5.23. The van der Waals surface area contributed by atoms with Gasteiger partial charge in [0.05, 0.1) is 6.61 Å². The molecule has 0 atom stereocenters. The van der Waals surface area contributed by atoms with Crippen molar-refractivity contribution in [3.05, 3.63) is 36.9 Å². The minimum Gasteiger partial charge on any atom is -0.478 e. The van der Waals surface area contributed by atoms with E-state index in [2.05, 4.69) is 22.3 Å². The number of hydrogen-bond donors (Lipinski definition) is 1. The van der Waals surface area contributed by atoms with Gasteiger partial charge in [0.1, 0.15) is 6.33 Å². The normalized spacial score (nSPS) is 10.1. The van der Waals surface area contributed by atoms with Crippen molar-refractivity contribution in [1.29, 1.82) is 0 Å². The predicted molar refractivity (Wildman–Crippen MR) is 61.3 cm³/mol. The summed E-state index contributed by atoms with van der Waals surface area (Å²) in [7, 11) is 0. The number of nitrogens with one attached hydrogen (secondary N) is 1. The Morgan fingerprint density at radius 1 is 1.31 bits per heavy atom. The number of rotatable bonds is 5. The summed E-state index contributed by atoms with van der Waals surface area (Å²) in [6.07, 6.45) is 6.24. The molecule has 0 aliphatic rings. The van der Waals surface area contributed by atoms with E-state index in [-0.39, 0.29) is 0 Å². The van der Waals surface area contributed by atoms with Crippen LogP contribution < -0.4 is 10.2 Å². The highest BCUT2D eigenvalue weighted by atomic mass is 16.5. The van der Waals surface area contributed by atoms with Gasteiger partial charge in [0.15, 0.2) is 5.82 Å². The lowest BCUT2D eigenvalue weighted by molar-refractivity contribution is 0.305. The number of anilines is 1. The van der Waals surface area contributed by atoms with Gasteiger partial charge in [0.25, 0.3) is 0 Å². The predicted octanol–water partition coefficient (Wildman–Crippen LogP) is 1.94. The van der Waals surface area contributed by atoms with Gasteiger partial charge in [-0.1, -0.05) is 6.92 Å². The Labute approximate surface area is 94.1 Å². The van der Waals surface area contributed by atoms with Crippen LogP contribution >= 0.6 is 0 Å². The Hall–Kier alpha value is -2.04. The molecule has 0 radical (unpaired) electrons. The van der Waals surface area contributed by atoms with E-state index < -0.39 is 0 Å². The van der Waals surface area contributed by atoms with E-state index in [0.717, 1.165) is 6.42 Å². The van der Waals surface area contributed by atoms with Crippen molar-refractivity contribution in [3.63, 3.8) is 0 Å². The molecule has 2 heterocycles. The van der Waals surface area contributed by atoms with E-state index in [1.54, 1.807) is 6.07 Å². The molecule has 0 fully saturated rings. The summed E-state index contributed by atoms with van der Waals surface area (Å²) >= 11 is 0. The molecule has 0 spiro atoms. The van der Waals surface area contributed by atoms with Crippen molar-refractivity contribution in [2.75, 3.05) is 12.0 Å². The van der Waals surface area contributed by atoms with E-state index in [0.29, 0.717) is 18.3 Å². The Morgan fingerprint density at radius 2 is 2.12 bits per heavy atom. The zero-order chi connectivity index (χ0) is 11.2. The Balaban J connectivity index is 2.04. The fourth-order valence-corrected chi connectivity index (χ4v) is 1.23. The van der Waals surface area contributed by atoms with Gasteiger partial charge in [0, 0.05) is 18.5 Å². The molecule has 0 aliphatic heterocycles. The van der Waals surface area contributed by atoms with Gasteiger partial charge in [0.2, 0.25) is 5.88 Å². The average Bonchev–Trinajstić information content (AvgIpc) is 2.80. The lowest BCUT2D eigenvalue weighted by Crippen LogP contribution is -2.08. The van der Waals surface area contributed by atoms with Crippen LogP contribution in [0.1, 0.15) is 13.3 Å². The SMILES string of the molecule is CCCOc1cc(Nn2cccc2)ncn1. The molecule has 2 aromatic rings. The largest absolute Gasteiger partial charge is 0.478 e. The average molecular weight is 218 g/mol. The molecule has 16 heavy (non-hydrogen) atoms. The highest BCUT2D eigenvalue weighted by Gasteiger charge is 1.98. The van der Waals surface area contributed by atoms with Gasteiger partial charge in [-0.15, -0.1) is 0 Å². The smallest absolute Gasteiger partial charge is 0.218 e. The zero-order valence-corrected chi connectivity index (χ0v) is 9.13. The molecule has 0 aromatic carbocycles. The Morgan fingerprint density at radius 3 is 2.88 bits per heavy atom. The first-order chi connectivity index (χ1) is 7.88. The second-order valence-corrected chi connectivity index (χ2v) is 3.29. The molecule has 1 N–H and O–H groups in total. The highest BCUT2D eigenvalue weighted by molar-refractivity contribution is 5.36. The first kappa shape index (κ1) is 10.5. The molecule has 2 rings (SSSR count). The number of nitrogens with zero attached hydrogens (tertiary/aromatic N) is 3. The molecule has 5 heteroatoms. The molecule has 2 aromatic heterocycles. The summed E-state index contributed by atoms with van der Waals surface area (Å²) in [5.74, 6) is 1.30. The van der Waals surface area contributed by atoms with Crippen LogP contribution in [0.4, 0.5) is 5.82 Å². The van der Waals surface area contributed by atoms with Crippen LogP contribution in [0.15, 0.2) is 36.9 Å². The second-order valence-electron chi connectivity index (χ2n) is 3.29. The van der Waals surface area contributed by atoms with E-state index in [1.165, 1.54) is 6.33 Å². The quantitative estimate of drug-likeness (QED) is 0.833. The monoisotopic (exact) mass is 218 g/mol. The lowest BCUT2D eigenvalue weighted by atomic mass is 10.5. The third-order valence-corrected chi connectivity index (χ3v) is 1.94. The highest BCUT2D eigenvalue weighted by Crippen LogP contribution is 2.11. The van der Waals surface area contributed by atoms with Crippen molar-refractivity contribution < 1.29 is 4.74 Å². The van der Waals surface area contributed by atoms with Crippen LogP contribution in [0.3, 0.4) is 0 Å². The molecule has 5 nitrogen and oxygen atoms in total. The van der Waals surface area contributed by atoms with E-state index in [1.807, 2.05) is 29.2 Å². The van der Waals surface area contributed by atoms with Crippen molar-refractivity contribution in [1.82, 2.24) is 14.6 Å². The van der Waals surface area contributed by atoms with Gasteiger partial charge in [-0.2, -0.15) is 0 Å². The lowest BCUT2D eigenvalue weighted by Gasteiger charge is -2.07. The molecule has 0 saturated carbocycles. The van der Waals surface area contributed by atoms with Crippen LogP contribution in [-0.4, -0.2) is 21.3 Å². The summed E-state index contributed by atoms with van der Waals surface area (Å²) in [5.41, 5.74) is 3.09. The van der Waals surface area contributed by atoms with E-state index in [9.17, 15) is 0 Å². The van der Waals surface area contributed by atoms with Gasteiger partial charge in [-0.3, -0.25) is 10.1 Å². The molecule has 0 amide bonds. The van der Waals surface area contributed by atoms with Gasteiger partial charge in [-0.25, -0.2) is 9.97 Å². The molecule has 84 valence electrons. The third kappa shape index (κ3) is 2.73. The van der Waals surface area contributed by atoms with E-state index in [4.69, 9.17) is 4.74 Å². The minimum absolute atomic E-state index is 0.589. The summed E-state index contributed by atoms with van der Waals surface area (Å²) < 4.78 is 7.23. The topological polar surface area (TPSA) is 52.0 Å². The number of ether oxygens (including phenoxy) is 1. The third-order valence-electron chi connectivity index (χ3n) is 1.94. The van der Waals surface area contributed by atoms with Crippen molar-refractivity contribution >= 4 is 5.82 Å². The molecular weight excluding hydrogens is 204 g/mol. The van der Waals surface area contributed by atoms with E-state index >= 15 is 0 Å². The Kier molecular flexibility index (Phi) is 3.38. The maximum Gasteiger partial charge on any atom is 0.218 e. The molecule has 0 unspecified atom stereocenters. The zero-order valence-electron chi connectivity index (χ0n) is 9.13. The van der Waals surface area contributed by atoms with Gasteiger partial charge >= 0.3 is 0 Å². The maximum absolute atomic E-state index is 5.41. The van der Waals surface area contributed by atoms with Crippen LogP contribution in [0, 0.1) is 0 Å². The standard InChI is InChI=1S/C11H14N4O/c1-2-7-16-11-8-10(12-9-13-11)14-15-5-3-4-6-15/h3-6,8-9H,2,7H2,1H3,(H,12,13,14). The first-order valence-electron chi connectivity index (χ1n) is 5.23. The van der Waals surface area contributed by atoms with Gasteiger partial charge in [-0.05, 0) is 18.6 Å². The van der Waals surface area contributed by atoms with Crippen LogP contribution in [-0.2, 0) is 0 Å². The number of hydrogen-bond acceptors (Lipinski definition) is 4. The van der Waals surface area contributed by atoms with Crippen molar-refractivity contribution in [3.8, 4) is 5.88 Å².